The molecule has 0 atom stereocenters. The number of nitriles is 1. The molecule has 2 heterocycles. The van der Waals surface area contributed by atoms with E-state index in [1.165, 1.54) is 0 Å². The summed E-state index contributed by atoms with van der Waals surface area (Å²) in [5.41, 5.74) is 1.48. The summed E-state index contributed by atoms with van der Waals surface area (Å²) >= 11 is 0. The van der Waals surface area contributed by atoms with Crippen molar-refractivity contribution in [2.24, 2.45) is 0 Å². The van der Waals surface area contributed by atoms with Crippen LogP contribution in [-0.4, -0.2) is 20.2 Å². The van der Waals surface area contributed by atoms with Gasteiger partial charge in [-0.1, -0.05) is 18.2 Å². The Morgan fingerprint density at radius 2 is 2.11 bits per heavy atom. The maximum atomic E-state index is 9.07. The first-order valence-corrected chi connectivity index (χ1v) is 5.66. The Bertz CT molecular complexity index is 724. The summed E-state index contributed by atoms with van der Waals surface area (Å²) in [6.07, 6.45) is 1.57. The second kappa shape index (κ2) is 4.74. The molecule has 0 N–H and O–H groups in total. The molecule has 6 heteroatoms. The van der Waals surface area contributed by atoms with Gasteiger partial charge in [0.25, 0.3) is 0 Å². The first-order valence-electron chi connectivity index (χ1n) is 5.66. The minimum Gasteiger partial charge on any atom is -0.461 e. The molecule has 0 unspecified atom stereocenters. The fourth-order valence-electron chi connectivity index (χ4n) is 1.82. The van der Waals surface area contributed by atoms with Gasteiger partial charge in [-0.05, 0) is 34.2 Å². The molecule has 3 rings (SSSR count). The van der Waals surface area contributed by atoms with Crippen LogP contribution < -0.4 is 0 Å². The van der Waals surface area contributed by atoms with E-state index in [2.05, 4.69) is 21.6 Å². The summed E-state index contributed by atoms with van der Waals surface area (Å²) < 4.78 is 6.89. The molecule has 0 saturated carbocycles. The van der Waals surface area contributed by atoms with Crippen molar-refractivity contribution in [1.29, 1.82) is 5.26 Å². The van der Waals surface area contributed by atoms with E-state index in [4.69, 9.17) is 9.68 Å². The van der Waals surface area contributed by atoms with Crippen LogP contribution in [-0.2, 0) is 6.54 Å². The van der Waals surface area contributed by atoms with Gasteiger partial charge in [0.2, 0.25) is 5.82 Å². The highest BCUT2D eigenvalue weighted by atomic mass is 16.3. The summed E-state index contributed by atoms with van der Waals surface area (Å²) in [7, 11) is 0. The lowest BCUT2D eigenvalue weighted by Gasteiger charge is -2.04. The number of tetrazole rings is 1. The van der Waals surface area contributed by atoms with Crippen LogP contribution >= 0.6 is 0 Å². The van der Waals surface area contributed by atoms with E-state index in [-0.39, 0.29) is 0 Å². The number of furan rings is 1. The van der Waals surface area contributed by atoms with Crippen LogP contribution in [0, 0.1) is 11.3 Å². The van der Waals surface area contributed by atoms with E-state index in [1.807, 2.05) is 18.2 Å². The molecule has 0 fully saturated rings. The van der Waals surface area contributed by atoms with Crippen molar-refractivity contribution < 1.29 is 4.42 Å². The molecule has 0 aliphatic heterocycles. The molecule has 0 aliphatic rings. The van der Waals surface area contributed by atoms with Gasteiger partial charge in [-0.15, -0.1) is 5.10 Å². The second-order valence-corrected chi connectivity index (χ2v) is 3.91. The molecule has 6 nitrogen and oxygen atoms in total. The molecular formula is C13H9N5O. The van der Waals surface area contributed by atoms with Crippen molar-refractivity contribution in [3.05, 3.63) is 53.8 Å². The Balaban J connectivity index is 1.97. The van der Waals surface area contributed by atoms with Crippen molar-refractivity contribution in [2.45, 2.75) is 6.54 Å². The third kappa shape index (κ3) is 2.09. The van der Waals surface area contributed by atoms with Gasteiger partial charge in [-0.25, -0.2) is 4.68 Å². The van der Waals surface area contributed by atoms with E-state index < -0.39 is 0 Å². The Hall–Kier alpha value is -2.94. The first kappa shape index (κ1) is 11.2. The SMILES string of the molecule is N#Cc1ccccc1Cn1nnnc1-c1ccco1. The number of hydrogen-bond acceptors (Lipinski definition) is 5. The predicted octanol–water partition coefficient (Wildman–Crippen LogP) is 1.85. The molecule has 0 amide bonds. The number of rotatable bonds is 3. The molecule has 1 aromatic carbocycles. The van der Waals surface area contributed by atoms with Gasteiger partial charge >= 0.3 is 0 Å². The normalized spacial score (nSPS) is 10.3. The van der Waals surface area contributed by atoms with Gasteiger partial charge in [0.05, 0.1) is 24.4 Å². The van der Waals surface area contributed by atoms with Gasteiger partial charge in [-0.3, -0.25) is 0 Å². The molecule has 92 valence electrons. The number of benzene rings is 1. The third-order valence-electron chi connectivity index (χ3n) is 2.73. The molecule has 0 saturated heterocycles. The number of nitrogens with zero attached hydrogens (tertiary/aromatic N) is 5. The monoisotopic (exact) mass is 251 g/mol. The first-order chi connectivity index (χ1) is 9.38. The standard InChI is InChI=1S/C13H9N5O/c14-8-10-4-1-2-5-11(10)9-18-13(15-16-17-18)12-6-3-7-19-12/h1-7H,9H2. The quantitative estimate of drug-likeness (QED) is 0.709. The van der Waals surface area contributed by atoms with Gasteiger partial charge < -0.3 is 4.42 Å². The largest absolute Gasteiger partial charge is 0.461 e. The number of hydrogen-bond donors (Lipinski definition) is 0. The lowest BCUT2D eigenvalue weighted by atomic mass is 10.1. The van der Waals surface area contributed by atoms with Crippen molar-refractivity contribution in [1.82, 2.24) is 20.2 Å². The highest BCUT2D eigenvalue weighted by Crippen LogP contribution is 2.17. The van der Waals surface area contributed by atoms with Crippen LogP contribution in [0.5, 0.6) is 0 Å². The second-order valence-electron chi connectivity index (χ2n) is 3.91. The van der Waals surface area contributed by atoms with Crippen LogP contribution in [0.2, 0.25) is 0 Å². The zero-order chi connectivity index (χ0) is 13.1. The van der Waals surface area contributed by atoms with E-state index in [0.29, 0.717) is 23.7 Å². The van der Waals surface area contributed by atoms with E-state index in [1.54, 1.807) is 29.1 Å². The fraction of sp³-hybridized carbons (Fsp3) is 0.0769. The average Bonchev–Trinajstić information content (AvgIpc) is 3.09. The van der Waals surface area contributed by atoms with Gasteiger partial charge in [-0.2, -0.15) is 5.26 Å². The summed E-state index contributed by atoms with van der Waals surface area (Å²) in [6.45, 7) is 0.423. The summed E-state index contributed by atoms with van der Waals surface area (Å²) in [6, 6.07) is 13.1. The average molecular weight is 251 g/mol. The van der Waals surface area contributed by atoms with Crippen LogP contribution in [0.1, 0.15) is 11.1 Å². The summed E-state index contributed by atoms with van der Waals surface area (Å²) in [5, 5.41) is 20.6. The molecular weight excluding hydrogens is 242 g/mol. The van der Waals surface area contributed by atoms with E-state index in [0.717, 1.165) is 5.56 Å². The van der Waals surface area contributed by atoms with Crippen molar-refractivity contribution in [3.63, 3.8) is 0 Å². The van der Waals surface area contributed by atoms with Crippen LogP contribution in [0.15, 0.2) is 47.1 Å². The minimum atomic E-state index is 0.423. The fourth-order valence-corrected chi connectivity index (χ4v) is 1.82. The van der Waals surface area contributed by atoms with Gasteiger partial charge in [0.15, 0.2) is 5.76 Å². The maximum Gasteiger partial charge on any atom is 0.218 e. The molecule has 2 aromatic heterocycles. The van der Waals surface area contributed by atoms with Gasteiger partial charge in [0, 0.05) is 0 Å². The van der Waals surface area contributed by atoms with Crippen LogP contribution in [0.4, 0.5) is 0 Å². The van der Waals surface area contributed by atoms with E-state index >= 15 is 0 Å². The summed E-state index contributed by atoms with van der Waals surface area (Å²) in [5.74, 6) is 1.14. The summed E-state index contributed by atoms with van der Waals surface area (Å²) in [4.78, 5) is 0. The third-order valence-corrected chi connectivity index (χ3v) is 2.73. The molecule has 0 radical (unpaired) electrons. The smallest absolute Gasteiger partial charge is 0.218 e. The van der Waals surface area contributed by atoms with Crippen molar-refractivity contribution in [2.75, 3.05) is 0 Å². The Morgan fingerprint density at radius 3 is 2.89 bits per heavy atom. The molecule has 0 aliphatic carbocycles. The Labute approximate surface area is 108 Å². The highest BCUT2D eigenvalue weighted by Gasteiger charge is 2.12. The predicted molar refractivity (Wildman–Crippen MR) is 65.8 cm³/mol. The topological polar surface area (TPSA) is 80.5 Å². The molecule has 0 bridgehead atoms. The number of aromatic nitrogens is 4. The van der Waals surface area contributed by atoms with Crippen LogP contribution in [0.25, 0.3) is 11.6 Å². The lowest BCUT2D eigenvalue weighted by Crippen LogP contribution is -2.05. The lowest BCUT2D eigenvalue weighted by molar-refractivity contribution is 0.564. The van der Waals surface area contributed by atoms with Crippen LogP contribution in [0.3, 0.4) is 0 Å². The minimum absolute atomic E-state index is 0.423. The molecule has 0 spiro atoms. The zero-order valence-electron chi connectivity index (χ0n) is 9.89. The van der Waals surface area contributed by atoms with Gasteiger partial charge in [0.1, 0.15) is 0 Å². The molecule has 3 aromatic rings. The van der Waals surface area contributed by atoms with Crippen molar-refractivity contribution >= 4 is 0 Å². The highest BCUT2D eigenvalue weighted by molar-refractivity contribution is 5.46. The molecule has 19 heavy (non-hydrogen) atoms. The maximum absolute atomic E-state index is 9.07. The Morgan fingerprint density at radius 1 is 1.21 bits per heavy atom. The van der Waals surface area contributed by atoms with E-state index in [9.17, 15) is 0 Å². The Kier molecular flexibility index (Phi) is 2.79. The zero-order valence-corrected chi connectivity index (χ0v) is 9.89. The van der Waals surface area contributed by atoms with Crippen molar-refractivity contribution in [3.8, 4) is 17.7 Å².